The molecule has 0 spiro atoms. The Balaban J connectivity index is 1.52. The summed E-state index contributed by atoms with van der Waals surface area (Å²) in [6, 6.07) is 11.0. The Bertz CT molecular complexity index is 1090. The van der Waals surface area contributed by atoms with Gasteiger partial charge in [-0.3, -0.25) is 19.5 Å². The van der Waals surface area contributed by atoms with Gasteiger partial charge in [-0.2, -0.15) is 0 Å². The smallest absolute Gasteiger partial charge is 0.325 e. The number of hydrogen-bond acceptors (Lipinski definition) is 4. The lowest BCUT2D eigenvalue weighted by atomic mass is 9.73. The van der Waals surface area contributed by atoms with Gasteiger partial charge in [0.1, 0.15) is 5.54 Å². The first-order valence-electron chi connectivity index (χ1n) is 12.6. The fourth-order valence-corrected chi connectivity index (χ4v) is 5.34. The molecule has 2 aliphatic rings. The predicted octanol–water partition coefficient (Wildman–Crippen LogP) is 4.48. The topological polar surface area (TPSA) is 82.6 Å². The Morgan fingerprint density at radius 3 is 2.51 bits per heavy atom. The molecule has 7 nitrogen and oxygen atoms in total. The van der Waals surface area contributed by atoms with E-state index in [0.29, 0.717) is 44.0 Å². The molecule has 7 heteroatoms. The van der Waals surface area contributed by atoms with Gasteiger partial charge in [0, 0.05) is 24.8 Å². The second-order valence-electron chi connectivity index (χ2n) is 10.4. The van der Waals surface area contributed by atoms with Gasteiger partial charge in [0.25, 0.3) is 11.8 Å². The largest absolute Gasteiger partial charge is 0.339 e. The summed E-state index contributed by atoms with van der Waals surface area (Å²) in [6.07, 6.45) is 4.47. The van der Waals surface area contributed by atoms with Crippen LogP contribution in [-0.2, 0) is 11.3 Å². The third-order valence-corrected chi connectivity index (χ3v) is 7.68. The van der Waals surface area contributed by atoms with Crippen molar-refractivity contribution < 1.29 is 14.4 Å². The lowest BCUT2D eigenvalue weighted by Gasteiger charge is -2.41. The number of carbonyl (C=O) groups excluding carboxylic acids is 3. The molecular formula is C28H36N4O3. The molecule has 2 saturated heterocycles. The third-order valence-electron chi connectivity index (χ3n) is 7.68. The minimum atomic E-state index is -0.926. The highest BCUT2D eigenvalue weighted by molar-refractivity contribution is 6.07. The van der Waals surface area contributed by atoms with Crippen LogP contribution in [0.25, 0.3) is 0 Å². The van der Waals surface area contributed by atoms with Crippen LogP contribution in [0.5, 0.6) is 0 Å². The number of likely N-dealkylation sites (tertiary alicyclic amines) is 1. The van der Waals surface area contributed by atoms with Gasteiger partial charge < -0.3 is 10.2 Å². The van der Waals surface area contributed by atoms with Gasteiger partial charge in [0.15, 0.2) is 0 Å². The Hall–Kier alpha value is -3.22. The number of nitrogens with one attached hydrogen (secondary N) is 1. The number of hydrogen-bond donors (Lipinski definition) is 1. The molecule has 2 aliphatic heterocycles. The van der Waals surface area contributed by atoms with Crippen LogP contribution in [0.3, 0.4) is 0 Å². The van der Waals surface area contributed by atoms with E-state index in [0.717, 1.165) is 23.1 Å². The highest BCUT2D eigenvalue weighted by Gasteiger charge is 2.55. The molecule has 4 rings (SSSR count). The van der Waals surface area contributed by atoms with Gasteiger partial charge in [-0.05, 0) is 80.7 Å². The zero-order valence-corrected chi connectivity index (χ0v) is 21.2. The van der Waals surface area contributed by atoms with Gasteiger partial charge in [0.2, 0.25) is 0 Å². The second-order valence-corrected chi connectivity index (χ2v) is 10.4. The number of pyridine rings is 1. The second kappa shape index (κ2) is 10.2. The zero-order chi connectivity index (χ0) is 25.2. The number of rotatable bonds is 7. The van der Waals surface area contributed by atoms with Crippen LogP contribution in [0.1, 0.15) is 66.7 Å². The molecular weight excluding hydrogens is 440 g/mol. The number of aromatic nitrogens is 1. The van der Waals surface area contributed by atoms with Crippen molar-refractivity contribution in [3.63, 3.8) is 0 Å². The average Bonchev–Trinajstić information content (AvgIpc) is 3.10. The number of carbonyl (C=O) groups is 3. The normalized spacial score (nSPS) is 21.1. The summed E-state index contributed by atoms with van der Waals surface area (Å²) >= 11 is 0. The summed E-state index contributed by atoms with van der Waals surface area (Å²) in [5, 5.41) is 3.11. The lowest BCUT2D eigenvalue weighted by molar-refractivity contribution is -0.134. The number of amides is 4. The Morgan fingerprint density at radius 1 is 1.11 bits per heavy atom. The van der Waals surface area contributed by atoms with Crippen molar-refractivity contribution in [2.75, 3.05) is 13.1 Å². The quantitative estimate of drug-likeness (QED) is 0.598. The van der Waals surface area contributed by atoms with Crippen LogP contribution in [0.4, 0.5) is 4.79 Å². The van der Waals surface area contributed by atoms with E-state index in [-0.39, 0.29) is 30.3 Å². The van der Waals surface area contributed by atoms with Gasteiger partial charge >= 0.3 is 6.03 Å². The van der Waals surface area contributed by atoms with E-state index in [1.807, 2.05) is 55.1 Å². The number of nitrogens with zero attached hydrogens (tertiary/aromatic N) is 3. The van der Waals surface area contributed by atoms with Crippen LogP contribution in [0.2, 0.25) is 0 Å². The number of urea groups is 1. The fourth-order valence-electron chi connectivity index (χ4n) is 5.34. The first-order valence-corrected chi connectivity index (χ1v) is 12.6. The summed E-state index contributed by atoms with van der Waals surface area (Å²) in [5.74, 6) is 0.272. The van der Waals surface area contributed by atoms with E-state index in [4.69, 9.17) is 0 Å². The zero-order valence-electron chi connectivity index (χ0n) is 21.2. The molecule has 2 aromatic rings. The Morgan fingerprint density at radius 2 is 1.86 bits per heavy atom. The maximum Gasteiger partial charge on any atom is 0.325 e. The van der Waals surface area contributed by atoms with Gasteiger partial charge in [-0.25, -0.2) is 4.79 Å². The van der Waals surface area contributed by atoms with Gasteiger partial charge in [-0.1, -0.05) is 32.0 Å². The monoisotopic (exact) mass is 476 g/mol. The van der Waals surface area contributed by atoms with Crippen molar-refractivity contribution in [3.8, 4) is 0 Å². The van der Waals surface area contributed by atoms with Gasteiger partial charge in [-0.15, -0.1) is 0 Å². The van der Waals surface area contributed by atoms with E-state index in [1.165, 1.54) is 4.90 Å². The first-order chi connectivity index (χ1) is 16.7. The standard InChI is InChI=1S/C28H36N4O3/c1-19(2)11-14-28(26(34)32(27(35)30-28)18-23-9-5-6-15-29-23)22-12-16-31(17-13-22)25(33)24-10-7-8-20(3)21(24)4/h5-10,15,19,22H,11-14,16-18H2,1-4H3,(H,30,35)/t28-/m0/s1. The van der Waals surface area contributed by atoms with Crippen molar-refractivity contribution in [3.05, 3.63) is 65.0 Å². The van der Waals surface area contributed by atoms with E-state index in [1.54, 1.807) is 6.20 Å². The number of piperidine rings is 1. The summed E-state index contributed by atoms with van der Waals surface area (Å²) in [4.78, 5) is 47.6. The molecule has 35 heavy (non-hydrogen) atoms. The fraction of sp³-hybridized carbons (Fsp3) is 0.500. The maximum atomic E-state index is 13.8. The minimum absolute atomic E-state index is 0.0194. The molecule has 1 aromatic heterocycles. The minimum Gasteiger partial charge on any atom is -0.339 e. The molecule has 0 unspecified atom stereocenters. The van der Waals surface area contributed by atoms with Crippen LogP contribution < -0.4 is 5.32 Å². The third kappa shape index (κ3) is 4.95. The van der Waals surface area contributed by atoms with Crippen molar-refractivity contribution in [1.29, 1.82) is 0 Å². The lowest BCUT2D eigenvalue weighted by Crippen LogP contribution is -2.56. The molecule has 0 bridgehead atoms. The van der Waals surface area contributed by atoms with E-state index >= 15 is 0 Å². The van der Waals surface area contributed by atoms with Crippen LogP contribution >= 0.6 is 0 Å². The SMILES string of the molecule is Cc1cccc(C(=O)N2CCC([C@]3(CCC(C)C)NC(=O)N(Cc4ccccn4)C3=O)CC2)c1C. The number of benzene rings is 1. The van der Waals surface area contributed by atoms with Crippen LogP contribution in [-0.4, -0.2) is 51.3 Å². The van der Waals surface area contributed by atoms with Crippen LogP contribution in [0.15, 0.2) is 42.6 Å². The number of imide groups is 1. The summed E-state index contributed by atoms with van der Waals surface area (Å²) < 4.78 is 0. The highest BCUT2D eigenvalue weighted by atomic mass is 16.2. The molecule has 4 amide bonds. The summed E-state index contributed by atoms with van der Waals surface area (Å²) in [7, 11) is 0. The molecule has 186 valence electrons. The van der Waals surface area contributed by atoms with E-state index in [2.05, 4.69) is 24.1 Å². The molecule has 0 saturated carbocycles. The average molecular weight is 477 g/mol. The maximum absolute atomic E-state index is 13.8. The van der Waals surface area contributed by atoms with Crippen molar-refractivity contribution in [2.24, 2.45) is 11.8 Å². The molecule has 1 atom stereocenters. The first kappa shape index (κ1) is 24.9. The molecule has 2 fully saturated rings. The molecule has 3 heterocycles. The molecule has 1 aromatic carbocycles. The molecule has 0 radical (unpaired) electrons. The summed E-state index contributed by atoms with van der Waals surface area (Å²) in [6.45, 7) is 9.57. The summed E-state index contributed by atoms with van der Waals surface area (Å²) in [5.41, 5.74) is 2.61. The van der Waals surface area contributed by atoms with Crippen molar-refractivity contribution >= 4 is 17.8 Å². The molecule has 1 N–H and O–H groups in total. The highest BCUT2D eigenvalue weighted by Crippen LogP contribution is 2.38. The van der Waals surface area contributed by atoms with Crippen LogP contribution in [0, 0.1) is 25.7 Å². The van der Waals surface area contributed by atoms with E-state index < -0.39 is 5.54 Å². The Kier molecular flexibility index (Phi) is 7.24. The van der Waals surface area contributed by atoms with E-state index in [9.17, 15) is 14.4 Å². The van der Waals surface area contributed by atoms with Crippen molar-refractivity contribution in [2.45, 2.75) is 65.5 Å². The predicted molar refractivity (Wildman–Crippen MR) is 135 cm³/mol. The number of aryl methyl sites for hydroxylation is 1. The van der Waals surface area contributed by atoms with Gasteiger partial charge in [0.05, 0.1) is 12.2 Å². The molecule has 0 aliphatic carbocycles. The Labute approximate surface area is 207 Å². The van der Waals surface area contributed by atoms with Crippen molar-refractivity contribution in [1.82, 2.24) is 20.1 Å².